The molecule has 0 saturated heterocycles. The van der Waals surface area contributed by atoms with Gasteiger partial charge in [0.25, 0.3) is 5.69 Å². The predicted molar refractivity (Wildman–Crippen MR) is 144 cm³/mol. The van der Waals surface area contributed by atoms with Crippen LogP contribution in [0.2, 0.25) is 0 Å². The van der Waals surface area contributed by atoms with Gasteiger partial charge in [-0.2, -0.15) is 0 Å². The number of hydrogen-bond acceptors (Lipinski definition) is 5. The molecule has 7 nitrogen and oxygen atoms in total. The average molecular weight is 504 g/mol. The van der Waals surface area contributed by atoms with E-state index < -0.39 is 11.7 Å². The number of anilines is 1. The number of ether oxygens (including phenoxy) is 1. The fourth-order valence-corrected chi connectivity index (χ4v) is 4.99. The van der Waals surface area contributed by atoms with E-state index in [-0.39, 0.29) is 10.6 Å². The lowest BCUT2D eigenvalue weighted by atomic mass is 10.1. The highest BCUT2D eigenvalue weighted by Gasteiger charge is 2.22. The molecular formula is C28H29N3O4S. The highest BCUT2D eigenvalue weighted by atomic mass is 32.2. The monoisotopic (exact) mass is 503 g/mol. The van der Waals surface area contributed by atoms with Gasteiger partial charge in [0.05, 0.1) is 20.4 Å². The molecule has 4 aromatic rings. The molecule has 0 saturated carbocycles. The number of rotatable bonds is 6. The standard InChI is InChI=1S/C28H29N3O4S/c1-19-9-8-10-20(15-19)18-30-24-17-22(29(5)27(32)35-28(2,3)4)14-13-21(24)16-26(30)36-25-12-7-6-11-23(25)31(33)34/h6-17H,18H2,1-5H3. The first-order valence-electron chi connectivity index (χ1n) is 11.6. The molecule has 0 N–H and O–H groups in total. The minimum absolute atomic E-state index is 0.0696. The van der Waals surface area contributed by atoms with Crippen LogP contribution in [0.4, 0.5) is 16.2 Å². The molecule has 36 heavy (non-hydrogen) atoms. The molecule has 0 radical (unpaired) electrons. The lowest BCUT2D eigenvalue weighted by molar-refractivity contribution is -0.387. The van der Waals surface area contributed by atoms with Crippen molar-refractivity contribution in [1.29, 1.82) is 0 Å². The number of carbonyl (C=O) groups excluding carboxylic acids is 1. The number of aryl methyl sites for hydroxylation is 1. The first kappa shape index (κ1) is 25.3. The topological polar surface area (TPSA) is 77.6 Å². The summed E-state index contributed by atoms with van der Waals surface area (Å²) in [5, 5.41) is 13.5. The van der Waals surface area contributed by atoms with Crippen molar-refractivity contribution in [2.45, 2.75) is 49.8 Å². The summed E-state index contributed by atoms with van der Waals surface area (Å²) in [4.78, 5) is 26.0. The molecule has 1 amide bonds. The van der Waals surface area contributed by atoms with Crippen LogP contribution >= 0.6 is 11.8 Å². The summed E-state index contributed by atoms with van der Waals surface area (Å²) in [6.45, 7) is 8.13. The minimum Gasteiger partial charge on any atom is -0.443 e. The van der Waals surface area contributed by atoms with Crippen molar-refractivity contribution in [3.63, 3.8) is 0 Å². The van der Waals surface area contributed by atoms with Gasteiger partial charge < -0.3 is 9.30 Å². The quantitative estimate of drug-likeness (QED) is 0.202. The van der Waals surface area contributed by atoms with Crippen molar-refractivity contribution in [3.8, 4) is 0 Å². The Labute approximate surface area is 214 Å². The molecule has 0 aliphatic heterocycles. The van der Waals surface area contributed by atoms with Crippen molar-refractivity contribution >= 4 is 40.1 Å². The number of aromatic nitrogens is 1. The van der Waals surface area contributed by atoms with Crippen LogP contribution in [0.25, 0.3) is 10.9 Å². The van der Waals surface area contributed by atoms with Crippen LogP contribution in [0, 0.1) is 17.0 Å². The molecule has 186 valence electrons. The van der Waals surface area contributed by atoms with E-state index in [0.29, 0.717) is 17.1 Å². The van der Waals surface area contributed by atoms with Crippen molar-refractivity contribution < 1.29 is 14.5 Å². The second kappa shape index (κ2) is 10.1. The number of nitro benzene ring substituents is 1. The molecule has 0 aliphatic carbocycles. The van der Waals surface area contributed by atoms with Crippen molar-refractivity contribution in [1.82, 2.24) is 4.57 Å². The Morgan fingerprint density at radius 3 is 2.50 bits per heavy atom. The summed E-state index contributed by atoms with van der Waals surface area (Å²) in [6, 6.07) is 22.8. The molecule has 0 atom stereocenters. The van der Waals surface area contributed by atoms with Gasteiger partial charge in [0.15, 0.2) is 0 Å². The number of benzene rings is 3. The summed E-state index contributed by atoms with van der Waals surface area (Å²) >= 11 is 1.36. The zero-order valence-electron chi connectivity index (χ0n) is 21.0. The largest absolute Gasteiger partial charge is 0.443 e. The van der Waals surface area contributed by atoms with E-state index in [1.54, 1.807) is 25.2 Å². The van der Waals surface area contributed by atoms with Crippen LogP contribution in [0.5, 0.6) is 0 Å². The first-order chi connectivity index (χ1) is 17.0. The number of hydrogen-bond donors (Lipinski definition) is 0. The van der Waals surface area contributed by atoms with Crippen LogP contribution in [-0.2, 0) is 11.3 Å². The Kier molecular flexibility index (Phi) is 7.08. The van der Waals surface area contributed by atoms with E-state index in [9.17, 15) is 14.9 Å². The Hall–Kier alpha value is -3.78. The third-order valence-electron chi connectivity index (χ3n) is 5.60. The van der Waals surface area contributed by atoms with Crippen molar-refractivity contribution in [3.05, 3.63) is 94.0 Å². The number of nitrogens with zero attached hydrogens (tertiary/aromatic N) is 3. The second-order valence-electron chi connectivity index (χ2n) is 9.67. The van der Waals surface area contributed by atoms with Crippen LogP contribution in [0.1, 0.15) is 31.9 Å². The highest BCUT2D eigenvalue weighted by Crippen LogP contribution is 2.38. The van der Waals surface area contributed by atoms with Gasteiger partial charge >= 0.3 is 6.09 Å². The number of carbonyl (C=O) groups is 1. The normalized spacial score (nSPS) is 11.5. The Bertz CT molecular complexity index is 1440. The van der Waals surface area contributed by atoms with E-state index >= 15 is 0 Å². The highest BCUT2D eigenvalue weighted by molar-refractivity contribution is 7.99. The van der Waals surface area contributed by atoms with Gasteiger partial charge in [-0.25, -0.2) is 4.79 Å². The molecule has 0 fully saturated rings. The van der Waals surface area contributed by atoms with E-state index in [2.05, 4.69) is 16.7 Å². The second-order valence-corrected chi connectivity index (χ2v) is 10.7. The predicted octanol–water partition coefficient (Wildman–Crippen LogP) is 7.43. The van der Waals surface area contributed by atoms with Gasteiger partial charge in [-0.1, -0.05) is 59.8 Å². The van der Waals surface area contributed by atoms with Crippen molar-refractivity contribution in [2.75, 3.05) is 11.9 Å². The Balaban J connectivity index is 1.80. The molecule has 0 spiro atoms. The molecule has 1 heterocycles. The van der Waals surface area contributed by atoms with Crippen LogP contribution < -0.4 is 4.90 Å². The summed E-state index contributed by atoms with van der Waals surface area (Å²) in [5.41, 5.74) is 3.35. The Morgan fingerprint density at radius 1 is 1.06 bits per heavy atom. The number of amides is 1. The lowest BCUT2D eigenvalue weighted by Gasteiger charge is -2.24. The van der Waals surface area contributed by atoms with Crippen LogP contribution in [0.15, 0.2) is 82.7 Å². The fourth-order valence-electron chi connectivity index (χ4n) is 3.91. The molecule has 1 aromatic heterocycles. The van der Waals surface area contributed by atoms with Gasteiger partial charge in [0.2, 0.25) is 0 Å². The molecule has 4 rings (SSSR count). The van der Waals surface area contributed by atoms with E-state index in [0.717, 1.165) is 27.1 Å². The fraction of sp³-hybridized carbons (Fsp3) is 0.250. The molecule has 0 aliphatic rings. The van der Waals surface area contributed by atoms with Gasteiger partial charge in [-0.3, -0.25) is 15.0 Å². The van der Waals surface area contributed by atoms with Gasteiger partial charge in [0, 0.05) is 30.7 Å². The van der Waals surface area contributed by atoms with E-state index in [1.807, 2.05) is 64.1 Å². The number of nitro groups is 1. The third kappa shape index (κ3) is 5.71. The first-order valence-corrected chi connectivity index (χ1v) is 12.4. The average Bonchev–Trinajstić information content (AvgIpc) is 3.13. The van der Waals surface area contributed by atoms with Gasteiger partial charge in [-0.05, 0) is 57.5 Å². The van der Waals surface area contributed by atoms with E-state index in [4.69, 9.17) is 4.74 Å². The summed E-state index contributed by atoms with van der Waals surface area (Å²) in [5.74, 6) is 0. The van der Waals surface area contributed by atoms with Gasteiger partial charge in [-0.15, -0.1) is 0 Å². The maximum absolute atomic E-state index is 12.7. The molecule has 0 unspecified atom stereocenters. The SMILES string of the molecule is Cc1cccc(Cn2c(Sc3ccccc3[N+](=O)[O-])cc3ccc(N(C)C(=O)OC(C)(C)C)cc32)c1. The lowest BCUT2D eigenvalue weighted by Crippen LogP contribution is -2.34. The number of fused-ring (bicyclic) bond motifs is 1. The van der Waals surface area contributed by atoms with Crippen LogP contribution in [-0.4, -0.2) is 28.2 Å². The van der Waals surface area contributed by atoms with E-state index in [1.165, 1.54) is 22.7 Å². The zero-order valence-corrected chi connectivity index (χ0v) is 21.8. The zero-order chi connectivity index (χ0) is 26.0. The smallest absolute Gasteiger partial charge is 0.414 e. The minimum atomic E-state index is -0.602. The summed E-state index contributed by atoms with van der Waals surface area (Å²) < 4.78 is 7.67. The molecule has 3 aromatic carbocycles. The summed E-state index contributed by atoms with van der Waals surface area (Å²) in [7, 11) is 1.69. The van der Waals surface area contributed by atoms with Gasteiger partial charge in [0.1, 0.15) is 5.60 Å². The van der Waals surface area contributed by atoms with Crippen molar-refractivity contribution in [2.24, 2.45) is 0 Å². The summed E-state index contributed by atoms with van der Waals surface area (Å²) in [6.07, 6.45) is -0.437. The molecule has 0 bridgehead atoms. The third-order valence-corrected chi connectivity index (χ3v) is 6.72. The Morgan fingerprint density at radius 2 is 1.81 bits per heavy atom. The molecule has 8 heteroatoms. The maximum atomic E-state index is 12.7. The number of para-hydroxylation sites is 1. The molecular weight excluding hydrogens is 474 g/mol. The maximum Gasteiger partial charge on any atom is 0.414 e. The van der Waals surface area contributed by atoms with Crippen LogP contribution in [0.3, 0.4) is 0 Å².